The van der Waals surface area contributed by atoms with Crippen molar-refractivity contribution in [1.82, 2.24) is 0 Å². The van der Waals surface area contributed by atoms with E-state index in [1.807, 2.05) is 0 Å². The van der Waals surface area contributed by atoms with Gasteiger partial charge >= 0.3 is 0 Å². The Kier molecular flexibility index (Phi) is 2.61. The Bertz CT molecular complexity index is 159. The third kappa shape index (κ3) is 1.50. The van der Waals surface area contributed by atoms with E-state index < -0.39 is 0 Å². The van der Waals surface area contributed by atoms with E-state index in [1.165, 1.54) is 38.5 Å². The zero-order chi connectivity index (χ0) is 9.31. The predicted octanol–water partition coefficient (Wildman–Crippen LogP) is 1.67. The van der Waals surface area contributed by atoms with Crippen molar-refractivity contribution in [1.29, 1.82) is 0 Å². The molecule has 0 atom stereocenters. The summed E-state index contributed by atoms with van der Waals surface area (Å²) in [4.78, 5) is 0. The highest BCUT2D eigenvalue weighted by atomic mass is 16.3. The first-order valence-electron chi connectivity index (χ1n) is 5.70. The molecule has 0 radical (unpaired) electrons. The lowest BCUT2D eigenvalue weighted by Crippen LogP contribution is -2.51. The van der Waals surface area contributed by atoms with Crippen LogP contribution in [0.15, 0.2) is 0 Å². The van der Waals surface area contributed by atoms with Gasteiger partial charge in [0.15, 0.2) is 0 Å². The molecular formula is C11H21NO. The lowest BCUT2D eigenvalue weighted by atomic mass is 9.60. The Morgan fingerprint density at radius 3 is 1.77 bits per heavy atom. The molecule has 2 nitrogen and oxygen atoms in total. The summed E-state index contributed by atoms with van der Waals surface area (Å²) in [5, 5.41) is 10.6. The Morgan fingerprint density at radius 2 is 1.54 bits per heavy atom. The van der Waals surface area contributed by atoms with Crippen LogP contribution in [-0.2, 0) is 0 Å². The molecule has 2 heteroatoms. The molecule has 76 valence electrons. The highest BCUT2D eigenvalue weighted by Crippen LogP contribution is 2.48. The van der Waals surface area contributed by atoms with Crippen molar-refractivity contribution in [3.05, 3.63) is 0 Å². The normalized spacial score (nSPS) is 25.4. The molecule has 0 aromatic heterocycles. The van der Waals surface area contributed by atoms with Gasteiger partial charge in [0, 0.05) is 0 Å². The molecule has 0 unspecified atom stereocenters. The second-order valence-electron chi connectivity index (χ2n) is 4.79. The van der Waals surface area contributed by atoms with Gasteiger partial charge in [-0.1, -0.05) is 12.8 Å². The summed E-state index contributed by atoms with van der Waals surface area (Å²) in [5.74, 6) is 1.14. The first-order valence-corrected chi connectivity index (χ1v) is 5.70. The molecule has 2 rings (SSSR count). The number of hydrogen-bond acceptors (Lipinski definition) is 2. The molecule has 0 aromatic rings. The number of nitrogens with two attached hydrogens (primary N) is 1. The van der Waals surface area contributed by atoms with Crippen molar-refractivity contribution >= 4 is 0 Å². The van der Waals surface area contributed by atoms with Crippen LogP contribution in [0.3, 0.4) is 0 Å². The van der Waals surface area contributed by atoms with Gasteiger partial charge in [-0.2, -0.15) is 0 Å². The average molecular weight is 183 g/mol. The molecule has 0 aromatic carbocycles. The van der Waals surface area contributed by atoms with Crippen molar-refractivity contribution in [2.45, 2.75) is 50.5 Å². The molecule has 13 heavy (non-hydrogen) atoms. The fraction of sp³-hybridized carbons (Fsp3) is 1.00. The van der Waals surface area contributed by atoms with Crippen molar-refractivity contribution in [3.8, 4) is 0 Å². The minimum Gasteiger partial charge on any atom is -0.389 e. The Balaban J connectivity index is 1.99. The topological polar surface area (TPSA) is 46.2 Å². The van der Waals surface area contributed by atoms with E-state index in [9.17, 15) is 5.11 Å². The van der Waals surface area contributed by atoms with Crippen LogP contribution in [0.5, 0.6) is 0 Å². The van der Waals surface area contributed by atoms with Gasteiger partial charge < -0.3 is 10.8 Å². The molecule has 0 amide bonds. The standard InChI is InChI=1S/C11H21NO/c12-8-7-11(13,9-3-1-4-9)10-5-2-6-10/h9-10,13H,1-8,12H2. The zero-order valence-electron chi connectivity index (χ0n) is 8.34. The largest absolute Gasteiger partial charge is 0.389 e. The molecule has 0 heterocycles. The third-order valence-corrected chi connectivity index (χ3v) is 4.17. The maximum absolute atomic E-state index is 10.6. The van der Waals surface area contributed by atoms with Gasteiger partial charge in [-0.05, 0) is 50.5 Å². The average Bonchev–Trinajstić information content (AvgIpc) is 1.76. The first-order chi connectivity index (χ1) is 6.27. The third-order valence-electron chi connectivity index (χ3n) is 4.17. The van der Waals surface area contributed by atoms with Gasteiger partial charge in [0.05, 0.1) is 5.60 Å². The lowest BCUT2D eigenvalue weighted by molar-refractivity contribution is -0.122. The minimum atomic E-state index is -0.384. The molecule has 0 saturated heterocycles. The van der Waals surface area contributed by atoms with Crippen LogP contribution in [0, 0.1) is 11.8 Å². The fourth-order valence-electron chi connectivity index (χ4n) is 2.79. The van der Waals surface area contributed by atoms with Gasteiger partial charge in [-0.15, -0.1) is 0 Å². The monoisotopic (exact) mass is 183 g/mol. The Morgan fingerprint density at radius 1 is 1.08 bits per heavy atom. The zero-order valence-corrected chi connectivity index (χ0v) is 8.34. The molecule has 2 saturated carbocycles. The molecule has 0 aliphatic heterocycles. The molecule has 0 bridgehead atoms. The van der Waals surface area contributed by atoms with Crippen LogP contribution >= 0.6 is 0 Å². The maximum atomic E-state index is 10.6. The Hall–Kier alpha value is -0.0800. The lowest BCUT2D eigenvalue weighted by Gasteiger charge is -2.49. The van der Waals surface area contributed by atoms with E-state index >= 15 is 0 Å². The number of aliphatic hydroxyl groups is 1. The Labute approximate surface area is 80.5 Å². The van der Waals surface area contributed by atoms with Crippen LogP contribution in [-0.4, -0.2) is 17.3 Å². The number of hydrogen-bond donors (Lipinski definition) is 2. The highest BCUT2D eigenvalue weighted by molar-refractivity contribution is 4.98. The van der Waals surface area contributed by atoms with E-state index in [2.05, 4.69) is 0 Å². The van der Waals surface area contributed by atoms with Gasteiger partial charge in [0.1, 0.15) is 0 Å². The second kappa shape index (κ2) is 3.58. The van der Waals surface area contributed by atoms with E-state index in [-0.39, 0.29) is 5.60 Å². The smallest absolute Gasteiger partial charge is 0.0715 e. The second-order valence-corrected chi connectivity index (χ2v) is 4.79. The molecule has 2 aliphatic rings. The summed E-state index contributed by atoms with van der Waals surface area (Å²) in [5.41, 5.74) is 5.20. The first kappa shape index (κ1) is 9.47. The molecular weight excluding hydrogens is 162 g/mol. The van der Waals surface area contributed by atoms with Crippen LogP contribution in [0.1, 0.15) is 44.9 Å². The summed E-state index contributed by atoms with van der Waals surface area (Å²) in [7, 11) is 0. The van der Waals surface area contributed by atoms with Gasteiger partial charge in [0.25, 0.3) is 0 Å². The van der Waals surface area contributed by atoms with Crippen molar-refractivity contribution in [2.75, 3.05) is 6.54 Å². The summed E-state index contributed by atoms with van der Waals surface area (Å²) in [6.07, 6.45) is 8.36. The number of rotatable bonds is 4. The van der Waals surface area contributed by atoms with E-state index in [4.69, 9.17) is 5.73 Å². The minimum absolute atomic E-state index is 0.384. The van der Waals surface area contributed by atoms with Crippen LogP contribution < -0.4 is 5.73 Å². The summed E-state index contributed by atoms with van der Waals surface area (Å²) in [6.45, 7) is 0.642. The van der Waals surface area contributed by atoms with Crippen molar-refractivity contribution in [3.63, 3.8) is 0 Å². The van der Waals surface area contributed by atoms with E-state index in [0.29, 0.717) is 18.4 Å². The van der Waals surface area contributed by atoms with Gasteiger partial charge in [0.2, 0.25) is 0 Å². The quantitative estimate of drug-likeness (QED) is 0.696. The van der Waals surface area contributed by atoms with Crippen LogP contribution in [0.25, 0.3) is 0 Å². The van der Waals surface area contributed by atoms with E-state index in [0.717, 1.165) is 6.42 Å². The highest BCUT2D eigenvalue weighted by Gasteiger charge is 2.47. The molecule has 2 fully saturated rings. The van der Waals surface area contributed by atoms with Gasteiger partial charge in [-0.3, -0.25) is 0 Å². The summed E-state index contributed by atoms with van der Waals surface area (Å²) >= 11 is 0. The van der Waals surface area contributed by atoms with Crippen molar-refractivity contribution in [2.24, 2.45) is 17.6 Å². The molecule has 0 spiro atoms. The van der Waals surface area contributed by atoms with E-state index in [1.54, 1.807) is 0 Å². The van der Waals surface area contributed by atoms with Crippen molar-refractivity contribution < 1.29 is 5.11 Å². The maximum Gasteiger partial charge on any atom is 0.0715 e. The summed E-state index contributed by atoms with van der Waals surface area (Å²) < 4.78 is 0. The summed E-state index contributed by atoms with van der Waals surface area (Å²) in [6, 6.07) is 0. The van der Waals surface area contributed by atoms with Gasteiger partial charge in [-0.25, -0.2) is 0 Å². The van der Waals surface area contributed by atoms with Crippen LogP contribution in [0.4, 0.5) is 0 Å². The fourth-order valence-corrected chi connectivity index (χ4v) is 2.79. The van der Waals surface area contributed by atoms with Crippen LogP contribution in [0.2, 0.25) is 0 Å². The SMILES string of the molecule is NCCC(O)(C1CCC1)C1CCC1. The predicted molar refractivity (Wildman–Crippen MR) is 53.3 cm³/mol. The molecule has 3 N–H and O–H groups in total. The molecule has 2 aliphatic carbocycles.